The Morgan fingerprint density at radius 2 is 2.00 bits per heavy atom. The zero-order valence-corrected chi connectivity index (χ0v) is 12.1. The van der Waals surface area contributed by atoms with Gasteiger partial charge >= 0.3 is 0 Å². The zero-order valence-electron chi connectivity index (χ0n) is 9.81. The van der Waals surface area contributed by atoms with E-state index < -0.39 is 0 Å². The number of hydrogen-bond acceptors (Lipinski definition) is 2. The minimum absolute atomic E-state index is 0.297. The quantitative estimate of drug-likeness (QED) is 0.670. The highest BCUT2D eigenvalue weighted by Crippen LogP contribution is 2.11. The summed E-state index contributed by atoms with van der Waals surface area (Å²) in [5.41, 5.74) is 3.81. The summed E-state index contributed by atoms with van der Waals surface area (Å²) in [6.45, 7) is 0. The lowest BCUT2D eigenvalue weighted by Gasteiger charge is -2.00. The Morgan fingerprint density at radius 1 is 1.21 bits per heavy atom. The molecule has 0 unspecified atom stereocenters. The van der Waals surface area contributed by atoms with Gasteiger partial charge in [-0.3, -0.25) is 4.79 Å². The van der Waals surface area contributed by atoms with Crippen LogP contribution in [0.1, 0.15) is 15.9 Å². The number of amides is 1. The van der Waals surface area contributed by atoms with Gasteiger partial charge in [0.15, 0.2) is 0 Å². The van der Waals surface area contributed by atoms with Gasteiger partial charge in [0.1, 0.15) is 0 Å². The van der Waals surface area contributed by atoms with Crippen LogP contribution >= 0.6 is 27.5 Å². The highest BCUT2D eigenvalue weighted by atomic mass is 79.9. The number of carbonyl (C=O) groups is 1. The van der Waals surface area contributed by atoms with Crippen LogP contribution in [0, 0.1) is 0 Å². The summed E-state index contributed by atoms with van der Waals surface area (Å²) in [5, 5.41) is 4.42. The Labute approximate surface area is 124 Å². The average molecular weight is 338 g/mol. The summed E-state index contributed by atoms with van der Waals surface area (Å²) in [6.07, 6.45) is 1.58. The SMILES string of the molecule is O=C(N/N=C\c1cccc(Br)c1)c1cccc(Cl)c1. The summed E-state index contributed by atoms with van der Waals surface area (Å²) in [4.78, 5) is 11.8. The lowest BCUT2D eigenvalue weighted by Crippen LogP contribution is -2.17. The van der Waals surface area contributed by atoms with E-state index in [2.05, 4.69) is 26.5 Å². The molecule has 5 heteroatoms. The van der Waals surface area contributed by atoms with Crippen LogP contribution < -0.4 is 5.43 Å². The first kappa shape index (κ1) is 13.8. The highest BCUT2D eigenvalue weighted by Gasteiger charge is 2.03. The van der Waals surface area contributed by atoms with E-state index in [9.17, 15) is 4.79 Å². The van der Waals surface area contributed by atoms with E-state index >= 15 is 0 Å². The minimum Gasteiger partial charge on any atom is -0.267 e. The standard InChI is InChI=1S/C14H10BrClN2O/c15-12-5-1-3-10(7-12)9-17-18-14(19)11-4-2-6-13(16)8-11/h1-9H,(H,18,19)/b17-9-. The molecule has 0 saturated carbocycles. The Balaban J connectivity index is 2.01. The molecule has 0 radical (unpaired) electrons. The Kier molecular flexibility index (Phi) is 4.71. The smallest absolute Gasteiger partial charge is 0.267 e. The van der Waals surface area contributed by atoms with E-state index in [-0.39, 0.29) is 5.91 Å². The van der Waals surface area contributed by atoms with Gasteiger partial charge in [-0.2, -0.15) is 5.10 Å². The van der Waals surface area contributed by atoms with E-state index in [0.29, 0.717) is 10.6 Å². The van der Waals surface area contributed by atoms with Crippen molar-refractivity contribution in [1.82, 2.24) is 5.43 Å². The van der Waals surface area contributed by atoms with E-state index in [1.165, 1.54) is 0 Å². The monoisotopic (exact) mass is 336 g/mol. The minimum atomic E-state index is -0.297. The molecule has 0 saturated heterocycles. The predicted molar refractivity (Wildman–Crippen MR) is 80.7 cm³/mol. The lowest BCUT2D eigenvalue weighted by atomic mass is 10.2. The van der Waals surface area contributed by atoms with Crippen molar-refractivity contribution in [3.63, 3.8) is 0 Å². The van der Waals surface area contributed by atoms with E-state index in [1.54, 1.807) is 30.5 Å². The molecule has 0 bridgehead atoms. The molecule has 0 spiro atoms. The van der Waals surface area contributed by atoms with E-state index in [4.69, 9.17) is 11.6 Å². The van der Waals surface area contributed by atoms with Crippen molar-refractivity contribution >= 4 is 39.7 Å². The summed E-state index contributed by atoms with van der Waals surface area (Å²) < 4.78 is 0.956. The molecule has 0 atom stereocenters. The topological polar surface area (TPSA) is 41.5 Å². The van der Waals surface area contributed by atoms with Gasteiger partial charge in [-0.1, -0.05) is 45.7 Å². The lowest BCUT2D eigenvalue weighted by molar-refractivity contribution is 0.0955. The normalized spacial score (nSPS) is 10.6. The second-order valence-electron chi connectivity index (χ2n) is 3.76. The molecule has 19 heavy (non-hydrogen) atoms. The zero-order chi connectivity index (χ0) is 13.7. The Hall–Kier alpha value is -1.65. The maximum absolute atomic E-state index is 11.8. The molecule has 0 aliphatic rings. The number of nitrogens with zero attached hydrogens (tertiary/aromatic N) is 1. The fourth-order valence-electron chi connectivity index (χ4n) is 1.45. The van der Waals surface area contributed by atoms with Crippen LogP contribution in [-0.4, -0.2) is 12.1 Å². The number of hydrazone groups is 1. The molecular formula is C14H10BrClN2O. The predicted octanol–water partition coefficient (Wildman–Crippen LogP) is 3.87. The fourth-order valence-corrected chi connectivity index (χ4v) is 2.05. The van der Waals surface area contributed by atoms with Gasteiger partial charge in [0.25, 0.3) is 5.91 Å². The van der Waals surface area contributed by atoms with E-state index in [0.717, 1.165) is 10.0 Å². The summed E-state index contributed by atoms with van der Waals surface area (Å²) in [7, 11) is 0. The van der Waals surface area contributed by atoms with Crippen molar-refractivity contribution in [2.75, 3.05) is 0 Å². The van der Waals surface area contributed by atoms with Crippen molar-refractivity contribution in [1.29, 1.82) is 0 Å². The molecule has 0 aliphatic carbocycles. The van der Waals surface area contributed by atoms with Gasteiger partial charge in [-0.15, -0.1) is 0 Å². The fraction of sp³-hybridized carbons (Fsp3) is 0. The molecule has 0 heterocycles. The van der Waals surface area contributed by atoms with Gasteiger partial charge in [-0.05, 0) is 35.9 Å². The van der Waals surface area contributed by atoms with Crippen molar-refractivity contribution < 1.29 is 4.79 Å². The summed E-state index contributed by atoms with van der Waals surface area (Å²) in [6, 6.07) is 14.3. The van der Waals surface area contributed by atoms with Crippen LogP contribution in [0.25, 0.3) is 0 Å². The molecule has 3 nitrogen and oxygen atoms in total. The molecule has 0 fully saturated rings. The molecule has 1 amide bonds. The summed E-state index contributed by atoms with van der Waals surface area (Å²) >= 11 is 9.18. The van der Waals surface area contributed by atoms with Crippen LogP contribution in [0.5, 0.6) is 0 Å². The second-order valence-corrected chi connectivity index (χ2v) is 5.12. The molecule has 2 rings (SSSR count). The van der Waals surface area contributed by atoms with E-state index in [1.807, 2.05) is 24.3 Å². The molecule has 2 aromatic rings. The first-order valence-electron chi connectivity index (χ1n) is 5.50. The molecule has 2 aromatic carbocycles. The maximum Gasteiger partial charge on any atom is 0.271 e. The highest BCUT2D eigenvalue weighted by molar-refractivity contribution is 9.10. The first-order valence-corrected chi connectivity index (χ1v) is 6.67. The van der Waals surface area contributed by atoms with Crippen molar-refractivity contribution in [3.8, 4) is 0 Å². The van der Waals surface area contributed by atoms with Gasteiger partial charge < -0.3 is 0 Å². The molecule has 0 aliphatic heterocycles. The number of benzene rings is 2. The van der Waals surface area contributed by atoms with Gasteiger partial charge in [0.2, 0.25) is 0 Å². The number of halogens is 2. The number of nitrogens with one attached hydrogen (secondary N) is 1. The molecule has 1 N–H and O–H groups in total. The first-order chi connectivity index (χ1) is 9.15. The number of carbonyl (C=O) groups excluding carboxylic acids is 1. The largest absolute Gasteiger partial charge is 0.271 e. The van der Waals surface area contributed by atoms with Crippen molar-refractivity contribution in [2.45, 2.75) is 0 Å². The van der Waals surface area contributed by atoms with Crippen LogP contribution in [0.15, 0.2) is 58.1 Å². The molecule has 96 valence electrons. The molecular weight excluding hydrogens is 328 g/mol. The van der Waals surface area contributed by atoms with Crippen LogP contribution in [0.4, 0.5) is 0 Å². The third kappa shape index (κ3) is 4.19. The number of hydrogen-bond donors (Lipinski definition) is 1. The van der Waals surface area contributed by atoms with Gasteiger partial charge in [0, 0.05) is 15.1 Å². The van der Waals surface area contributed by atoms with Crippen molar-refractivity contribution in [3.05, 3.63) is 69.2 Å². The van der Waals surface area contributed by atoms with Crippen LogP contribution in [0.3, 0.4) is 0 Å². The third-order valence-corrected chi connectivity index (χ3v) is 3.04. The Morgan fingerprint density at radius 3 is 2.74 bits per heavy atom. The maximum atomic E-state index is 11.8. The van der Waals surface area contributed by atoms with Crippen LogP contribution in [0.2, 0.25) is 5.02 Å². The third-order valence-electron chi connectivity index (χ3n) is 2.32. The molecule has 0 aromatic heterocycles. The summed E-state index contributed by atoms with van der Waals surface area (Å²) in [5.74, 6) is -0.297. The Bertz CT molecular complexity index is 628. The van der Waals surface area contributed by atoms with Crippen molar-refractivity contribution in [2.24, 2.45) is 5.10 Å². The van der Waals surface area contributed by atoms with Gasteiger partial charge in [0.05, 0.1) is 6.21 Å². The number of rotatable bonds is 3. The average Bonchev–Trinajstić information content (AvgIpc) is 2.38. The van der Waals surface area contributed by atoms with Crippen LogP contribution in [-0.2, 0) is 0 Å². The second kappa shape index (κ2) is 6.50. The van der Waals surface area contributed by atoms with Gasteiger partial charge in [-0.25, -0.2) is 5.43 Å².